The number of ketones is 2. The molecule has 0 saturated heterocycles. The van der Waals surface area contributed by atoms with E-state index < -0.39 is 59.3 Å². The highest BCUT2D eigenvalue weighted by atomic mass is 19.4. The normalized spacial score (nSPS) is 14.6. The van der Waals surface area contributed by atoms with Gasteiger partial charge in [-0.3, -0.25) is 9.59 Å². The highest BCUT2D eigenvalue weighted by Gasteiger charge is 2.91. The summed E-state index contributed by atoms with van der Waals surface area (Å²) in [5.74, 6) is -43.8. The third-order valence-corrected chi connectivity index (χ3v) is 3.70. The van der Waals surface area contributed by atoms with E-state index in [2.05, 4.69) is 0 Å². The standard InChI is InChI=1S/C15H7F13O2/c16-10(17,9(30)6-8(29)7-4-2-1-3-5-7)11(18,19)12(20,21)13(22,23)14(24,25)15(26,27)28/h1-5H,6H2. The molecule has 0 radical (unpaired) electrons. The van der Waals surface area contributed by atoms with Crippen LogP contribution in [-0.2, 0) is 4.79 Å². The van der Waals surface area contributed by atoms with Gasteiger partial charge in [0.25, 0.3) is 0 Å². The number of halogens is 13. The van der Waals surface area contributed by atoms with Crippen molar-refractivity contribution in [3.63, 3.8) is 0 Å². The number of rotatable bonds is 8. The van der Waals surface area contributed by atoms with E-state index in [1.165, 1.54) is 6.07 Å². The fourth-order valence-corrected chi connectivity index (χ4v) is 1.93. The number of benzene rings is 1. The molecule has 1 rings (SSSR count). The summed E-state index contributed by atoms with van der Waals surface area (Å²) in [6.45, 7) is 0. The molecule has 2 nitrogen and oxygen atoms in total. The molecule has 0 aliphatic rings. The molecule has 30 heavy (non-hydrogen) atoms. The van der Waals surface area contributed by atoms with Gasteiger partial charge in [0.1, 0.15) is 0 Å². The van der Waals surface area contributed by atoms with Crippen molar-refractivity contribution in [1.29, 1.82) is 0 Å². The van der Waals surface area contributed by atoms with Crippen LogP contribution < -0.4 is 0 Å². The van der Waals surface area contributed by atoms with Crippen molar-refractivity contribution in [2.24, 2.45) is 0 Å². The Kier molecular flexibility index (Phi) is 6.34. The van der Waals surface area contributed by atoms with E-state index in [0.717, 1.165) is 24.3 Å². The molecule has 0 aliphatic carbocycles. The second kappa shape index (κ2) is 7.41. The predicted octanol–water partition coefficient (Wildman–Crippen LogP) is 5.57. The third kappa shape index (κ3) is 3.73. The number of Topliss-reactive ketones (excluding diaryl/α,β-unsaturated/α-hetero) is 2. The van der Waals surface area contributed by atoms with E-state index in [1.807, 2.05) is 0 Å². The Morgan fingerprint density at radius 1 is 0.600 bits per heavy atom. The number of carbonyl (C=O) groups excluding carboxylic acids is 2. The Bertz CT molecular complexity index is 797. The van der Waals surface area contributed by atoms with Crippen LogP contribution in [0.4, 0.5) is 57.1 Å². The molecule has 170 valence electrons. The minimum absolute atomic E-state index is 0.578. The largest absolute Gasteiger partial charge is 0.460 e. The molecule has 15 heteroatoms. The molecule has 0 aromatic heterocycles. The lowest BCUT2D eigenvalue weighted by Gasteiger charge is -2.39. The first-order valence-electron chi connectivity index (χ1n) is 7.23. The lowest BCUT2D eigenvalue weighted by atomic mass is 9.90. The van der Waals surface area contributed by atoms with Crippen molar-refractivity contribution in [2.45, 2.75) is 42.2 Å². The number of hydrogen-bond donors (Lipinski definition) is 0. The van der Waals surface area contributed by atoms with Gasteiger partial charge < -0.3 is 0 Å². The van der Waals surface area contributed by atoms with Gasteiger partial charge in [0.05, 0.1) is 6.42 Å². The summed E-state index contributed by atoms with van der Waals surface area (Å²) in [4.78, 5) is 22.8. The molecule has 0 atom stereocenters. The van der Waals surface area contributed by atoms with Gasteiger partial charge in [0.15, 0.2) is 5.78 Å². The van der Waals surface area contributed by atoms with Crippen molar-refractivity contribution in [3.8, 4) is 0 Å². The highest BCUT2D eigenvalue weighted by molar-refractivity contribution is 6.10. The second-order valence-electron chi connectivity index (χ2n) is 5.76. The van der Waals surface area contributed by atoms with Crippen LogP contribution in [0.5, 0.6) is 0 Å². The summed E-state index contributed by atoms with van der Waals surface area (Å²) in [5.41, 5.74) is -0.578. The monoisotopic (exact) mass is 466 g/mol. The lowest BCUT2D eigenvalue weighted by molar-refractivity contribution is -0.436. The molecule has 0 saturated carbocycles. The Balaban J connectivity index is 3.34. The fraction of sp³-hybridized carbons (Fsp3) is 0.467. The van der Waals surface area contributed by atoms with Gasteiger partial charge >= 0.3 is 35.8 Å². The van der Waals surface area contributed by atoms with E-state index in [9.17, 15) is 66.7 Å². The average molecular weight is 466 g/mol. The molecule has 0 fully saturated rings. The van der Waals surface area contributed by atoms with Crippen molar-refractivity contribution in [1.82, 2.24) is 0 Å². The second-order valence-corrected chi connectivity index (χ2v) is 5.76. The first-order chi connectivity index (χ1) is 13.2. The lowest BCUT2D eigenvalue weighted by Crippen LogP contribution is -2.71. The fourth-order valence-electron chi connectivity index (χ4n) is 1.93. The summed E-state index contributed by atoms with van der Waals surface area (Å²) >= 11 is 0. The molecule has 0 unspecified atom stereocenters. The van der Waals surface area contributed by atoms with E-state index in [4.69, 9.17) is 0 Å². The molecule has 1 aromatic rings. The minimum Gasteiger partial charge on any atom is -0.294 e. The topological polar surface area (TPSA) is 34.1 Å². The molecule has 0 spiro atoms. The van der Waals surface area contributed by atoms with Crippen LogP contribution in [0.25, 0.3) is 0 Å². The van der Waals surface area contributed by atoms with Crippen molar-refractivity contribution in [3.05, 3.63) is 35.9 Å². The van der Waals surface area contributed by atoms with Crippen LogP contribution in [0.2, 0.25) is 0 Å². The molecule has 0 aliphatic heterocycles. The number of hydrogen-bond acceptors (Lipinski definition) is 2. The van der Waals surface area contributed by atoms with Crippen LogP contribution in [-0.4, -0.2) is 47.4 Å². The Labute approximate surface area is 157 Å². The van der Waals surface area contributed by atoms with E-state index in [-0.39, 0.29) is 0 Å². The third-order valence-electron chi connectivity index (χ3n) is 3.70. The van der Waals surface area contributed by atoms with E-state index >= 15 is 0 Å². The molecular formula is C15H7F13O2. The van der Waals surface area contributed by atoms with Gasteiger partial charge in [0, 0.05) is 5.56 Å². The van der Waals surface area contributed by atoms with Crippen LogP contribution in [0.15, 0.2) is 30.3 Å². The summed E-state index contributed by atoms with van der Waals surface area (Å²) in [6.07, 6.45) is -9.82. The first kappa shape index (κ1) is 25.7. The van der Waals surface area contributed by atoms with Gasteiger partial charge in [-0.1, -0.05) is 30.3 Å². The predicted molar refractivity (Wildman–Crippen MR) is 71.2 cm³/mol. The van der Waals surface area contributed by atoms with Gasteiger partial charge in [0.2, 0.25) is 5.78 Å². The van der Waals surface area contributed by atoms with Crippen LogP contribution >= 0.6 is 0 Å². The maximum Gasteiger partial charge on any atom is 0.460 e. The molecule has 0 N–H and O–H groups in total. The van der Waals surface area contributed by atoms with Crippen molar-refractivity contribution < 1.29 is 66.7 Å². The van der Waals surface area contributed by atoms with Gasteiger partial charge in [-0.05, 0) is 0 Å². The Morgan fingerprint density at radius 3 is 1.40 bits per heavy atom. The molecule has 0 amide bonds. The zero-order valence-electron chi connectivity index (χ0n) is 13.8. The smallest absolute Gasteiger partial charge is 0.294 e. The quantitative estimate of drug-likeness (QED) is 0.286. The van der Waals surface area contributed by atoms with E-state index in [1.54, 1.807) is 0 Å². The maximum atomic E-state index is 13.6. The summed E-state index contributed by atoms with van der Waals surface area (Å²) < 4.78 is 168. The molecule has 1 aromatic carbocycles. The summed E-state index contributed by atoms with van der Waals surface area (Å²) in [5, 5.41) is 0. The first-order valence-corrected chi connectivity index (χ1v) is 7.23. The number of carbonyl (C=O) groups is 2. The van der Waals surface area contributed by atoms with E-state index in [0.29, 0.717) is 0 Å². The van der Waals surface area contributed by atoms with Crippen LogP contribution in [0.1, 0.15) is 16.8 Å². The minimum atomic E-state index is -8.10. The molecule has 0 bridgehead atoms. The summed E-state index contributed by atoms with van der Waals surface area (Å²) in [7, 11) is 0. The Hall–Kier alpha value is -2.35. The van der Waals surface area contributed by atoms with Crippen LogP contribution in [0, 0.1) is 0 Å². The van der Waals surface area contributed by atoms with Crippen molar-refractivity contribution >= 4 is 11.6 Å². The Morgan fingerprint density at radius 2 is 1.00 bits per heavy atom. The highest BCUT2D eigenvalue weighted by Crippen LogP contribution is 2.60. The van der Waals surface area contributed by atoms with Gasteiger partial charge in [-0.25, -0.2) is 0 Å². The van der Waals surface area contributed by atoms with Crippen LogP contribution in [0.3, 0.4) is 0 Å². The molecule has 0 heterocycles. The van der Waals surface area contributed by atoms with Crippen molar-refractivity contribution in [2.75, 3.05) is 0 Å². The maximum absolute atomic E-state index is 13.6. The number of alkyl halides is 13. The molecular weight excluding hydrogens is 459 g/mol. The SMILES string of the molecule is O=C(CC(=O)C(F)(F)C(F)(F)C(F)(F)C(F)(F)C(F)(F)C(F)(F)F)c1ccccc1. The summed E-state index contributed by atoms with van der Waals surface area (Å²) in [6, 6.07) is 5.18. The van der Waals surface area contributed by atoms with Gasteiger partial charge in [-0.15, -0.1) is 0 Å². The average Bonchev–Trinajstić information content (AvgIpc) is 2.60. The van der Waals surface area contributed by atoms with Gasteiger partial charge in [-0.2, -0.15) is 57.1 Å². The zero-order valence-corrected chi connectivity index (χ0v) is 13.8. The zero-order chi connectivity index (χ0) is 24.0.